The van der Waals surface area contributed by atoms with E-state index in [0.717, 1.165) is 21.5 Å². The molecule has 0 bridgehead atoms. The van der Waals surface area contributed by atoms with Crippen LogP contribution in [-0.2, 0) is 10.2 Å². The van der Waals surface area contributed by atoms with Crippen molar-refractivity contribution in [3.8, 4) is 10.6 Å². The third-order valence-corrected chi connectivity index (χ3v) is 5.07. The maximum absolute atomic E-state index is 11.5. The van der Waals surface area contributed by atoms with Crippen LogP contribution in [0.3, 0.4) is 0 Å². The van der Waals surface area contributed by atoms with Crippen molar-refractivity contribution in [1.82, 2.24) is 4.98 Å². The smallest absolute Gasteiger partial charge is 0.315 e. The molecular weight excluding hydrogens is 326 g/mol. The number of hydrogen-bond donors (Lipinski definition) is 1. The van der Waals surface area contributed by atoms with Gasteiger partial charge in [-0.15, -0.1) is 11.3 Å². The predicted octanol–water partition coefficient (Wildman–Crippen LogP) is 4.08. The van der Waals surface area contributed by atoms with Crippen LogP contribution in [0.15, 0.2) is 34.1 Å². The number of carboxylic acids is 1. The van der Waals surface area contributed by atoms with Crippen LogP contribution >= 0.6 is 27.3 Å². The van der Waals surface area contributed by atoms with Gasteiger partial charge in [0.1, 0.15) is 10.4 Å². The zero-order valence-electron chi connectivity index (χ0n) is 10.1. The number of carboxylic acid groups (broad SMARTS) is 1. The molecule has 1 aliphatic rings. The van der Waals surface area contributed by atoms with Crippen molar-refractivity contribution in [1.29, 1.82) is 0 Å². The van der Waals surface area contributed by atoms with E-state index in [-0.39, 0.29) is 0 Å². The minimum atomic E-state index is -0.746. The van der Waals surface area contributed by atoms with Crippen molar-refractivity contribution in [3.05, 3.63) is 39.8 Å². The Morgan fingerprint density at radius 1 is 1.42 bits per heavy atom. The molecular formula is C14H12BrNO2S. The third-order valence-electron chi connectivity index (χ3n) is 3.68. The van der Waals surface area contributed by atoms with Crippen molar-refractivity contribution < 1.29 is 9.90 Å². The van der Waals surface area contributed by atoms with Crippen LogP contribution in [0.1, 0.15) is 25.0 Å². The van der Waals surface area contributed by atoms with Gasteiger partial charge in [0.05, 0.1) is 5.69 Å². The second-order valence-electron chi connectivity index (χ2n) is 4.79. The molecule has 0 spiro atoms. The topological polar surface area (TPSA) is 50.2 Å². The molecule has 0 saturated heterocycles. The number of aromatic nitrogens is 1. The van der Waals surface area contributed by atoms with Gasteiger partial charge in [-0.25, -0.2) is 4.98 Å². The number of carbonyl (C=O) groups is 1. The first-order valence-corrected chi connectivity index (χ1v) is 7.74. The lowest BCUT2D eigenvalue weighted by molar-refractivity contribution is -0.147. The van der Waals surface area contributed by atoms with Crippen LogP contribution in [0.25, 0.3) is 10.6 Å². The normalized spacial score (nSPS) is 16.9. The maximum atomic E-state index is 11.5. The minimum Gasteiger partial charge on any atom is -0.481 e. The first kappa shape index (κ1) is 12.8. The molecule has 0 aliphatic heterocycles. The molecule has 1 aromatic carbocycles. The second-order valence-corrected chi connectivity index (χ2v) is 6.56. The Hall–Kier alpha value is -1.20. The van der Waals surface area contributed by atoms with Crippen molar-refractivity contribution >= 4 is 33.2 Å². The Morgan fingerprint density at radius 2 is 2.21 bits per heavy atom. The van der Waals surface area contributed by atoms with Gasteiger partial charge < -0.3 is 5.11 Å². The Kier molecular flexibility index (Phi) is 3.19. The number of nitrogens with zero attached hydrogens (tertiary/aromatic N) is 1. The lowest BCUT2D eigenvalue weighted by Gasteiger charge is -2.35. The van der Waals surface area contributed by atoms with Gasteiger partial charge in [-0.1, -0.05) is 34.5 Å². The molecule has 1 heterocycles. The van der Waals surface area contributed by atoms with Gasteiger partial charge in [0.2, 0.25) is 0 Å². The summed E-state index contributed by atoms with van der Waals surface area (Å²) >= 11 is 4.95. The zero-order valence-corrected chi connectivity index (χ0v) is 12.5. The van der Waals surface area contributed by atoms with E-state index in [9.17, 15) is 9.90 Å². The first-order chi connectivity index (χ1) is 9.12. The molecule has 0 amide bonds. The molecule has 1 N–H and O–H groups in total. The van der Waals surface area contributed by atoms with E-state index in [1.165, 1.54) is 11.3 Å². The highest BCUT2D eigenvalue weighted by Gasteiger charge is 2.47. The summed E-state index contributed by atoms with van der Waals surface area (Å²) < 4.78 is 0.998. The minimum absolute atomic E-state index is 0.698. The van der Waals surface area contributed by atoms with Crippen molar-refractivity contribution in [2.45, 2.75) is 24.7 Å². The van der Waals surface area contributed by atoms with E-state index >= 15 is 0 Å². The van der Waals surface area contributed by atoms with Crippen LogP contribution in [0.5, 0.6) is 0 Å². The van der Waals surface area contributed by atoms with Gasteiger partial charge in [0.15, 0.2) is 0 Å². The fourth-order valence-corrected chi connectivity index (χ4v) is 3.67. The lowest BCUT2D eigenvalue weighted by Crippen LogP contribution is -2.42. The molecule has 0 atom stereocenters. The van der Waals surface area contributed by atoms with Crippen LogP contribution in [-0.4, -0.2) is 16.1 Å². The monoisotopic (exact) mass is 337 g/mol. The summed E-state index contributed by atoms with van der Waals surface area (Å²) in [4.78, 5) is 16.0. The van der Waals surface area contributed by atoms with Gasteiger partial charge in [0.25, 0.3) is 0 Å². The Morgan fingerprint density at radius 3 is 2.79 bits per heavy atom. The molecule has 0 radical (unpaired) electrons. The summed E-state index contributed by atoms with van der Waals surface area (Å²) in [7, 11) is 0. The fraction of sp³-hybridized carbons (Fsp3) is 0.286. The Labute approximate surface area is 123 Å². The van der Waals surface area contributed by atoms with E-state index in [0.29, 0.717) is 18.5 Å². The standard InChI is InChI=1S/C14H12BrNO2S/c15-10-4-1-3-9(7-10)12-16-11(8-19-12)14(13(17)18)5-2-6-14/h1,3-4,7-8H,2,5-6H2,(H,17,18). The summed E-state index contributed by atoms with van der Waals surface area (Å²) in [5, 5.41) is 12.2. The van der Waals surface area contributed by atoms with Crippen molar-refractivity contribution in [2.24, 2.45) is 0 Å². The molecule has 3 nitrogen and oxygen atoms in total. The number of halogens is 1. The molecule has 5 heteroatoms. The molecule has 2 aromatic rings. The average molecular weight is 338 g/mol. The Balaban J connectivity index is 1.98. The molecule has 3 rings (SSSR count). The van der Waals surface area contributed by atoms with Crippen LogP contribution in [0, 0.1) is 0 Å². The van der Waals surface area contributed by atoms with Gasteiger partial charge in [0, 0.05) is 15.4 Å². The quantitative estimate of drug-likeness (QED) is 0.917. The number of thiazole rings is 1. The van der Waals surface area contributed by atoms with E-state index in [4.69, 9.17) is 0 Å². The van der Waals surface area contributed by atoms with E-state index in [1.54, 1.807) is 0 Å². The third kappa shape index (κ3) is 2.11. The number of rotatable bonds is 3. The molecule has 1 aromatic heterocycles. The first-order valence-electron chi connectivity index (χ1n) is 6.07. The van der Waals surface area contributed by atoms with Gasteiger partial charge >= 0.3 is 5.97 Å². The Bertz CT molecular complexity index is 634. The number of hydrogen-bond acceptors (Lipinski definition) is 3. The van der Waals surface area contributed by atoms with E-state index < -0.39 is 11.4 Å². The maximum Gasteiger partial charge on any atom is 0.315 e. The molecule has 98 valence electrons. The van der Waals surface area contributed by atoms with Crippen LogP contribution in [0.4, 0.5) is 0 Å². The fourth-order valence-electron chi connectivity index (χ4n) is 2.36. The summed E-state index contributed by atoms with van der Waals surface area (Å²) in [6, 6.07) is 7.90. The van der Waals surface area contributed by atoms with Gasteiger partial charge in [-0.3, -0.25) is 4.79 Å². The molecule has 0 unspecified atom stereocenters. The van der Waals surface area contributed by atoms with E-state index in [2.05, 4.69) is 20.9 Å². The van der Waals surface area contributed by atoms with Gasteiger partial charge in [-0.2, -0.15) is 0 Å². The highest BCUT2D eigenvalue weighted by molar-refractivity contribution is 9.10. The molecule has 1 fully saturated rings. The van der Waals surface area contributed by atoms with Crippen LogP contribution in [0.2, 0.25) is 0 Å². The van der Waals surface area contributed by atoms with E-state index in [1.807, 2.05) is 29.6 Å². The largest absolute Gasteiger partial charge is 0.481 e. The number of benzene rings is 1. The summed E-state index contributed by atoms with van der Waals surface area (Å²) in [5.74, 6) is -0.746. The molecule has 1 saturated carbocycles. The lowest BCUT2D eigenvalue weighted by atomic mass is 9.67. The number of aliphatic carboxylic acids is 1. The average Bonchev–Trinajstić information content (AvgIpc) is 2.76. The summed E-state index contributed by atoms with van der Waals surface area (Å²) in [5.41, 5.74) is 0.998. The second kappa shape index (κ2) is 4.72. The van der Waals surface area contributed by atoms with Crippen LogP contribution < -0.4 is 0 Å². The van der Waals surface area contributed by atoms with Gasteiger partial charge in [-0.05, 0) is 25.0 Å². The summed E-state index contributed by atoms with van der Waals surface area (Å²) in [6.45, 7) is 0. The summed E-state index contributed by atoms with van der Waals surface area (Å²) in [6.07, 6.45) is 2.37. The van der Waals surface area contributed by atoms with Crippen molar-refractivity contribution in [2.75, 3.05) is 0 Å². The zero-order chi connectivity index (χ0) is 13.5. The molecule has 19 heavy (non-hydrogen) atoms. The predicted molar refractivity (Wildman–Crippen MR) is 78.4 cm³/mol. The molecule has 1 aliphatic carbocycles. The SMILES string of the molecule is O=C(O)C1(c2csc(-c3cccc(Br)c3)n2)CCC1. The highest BCUT2D eigenvalue weighted by Crippen LogP contribution is 2.45. The highest BCUT2D eigenvalue weighted by atomic mass is 79.9. The van der Waals surface area contributed by atoms with Crippen molar-refractivity contribution in [3.63, 3.8) is 0 Å².